The fraction of sp³-hybridized carbons (Fsp3) is 0.118. The second kappa shape index (κ2) is 8.54. The van der Waals surface area contributed by atoms with Crippen molar-refractivity contribution >= 4 is 45.9 Å². The van der Waals surface area contributed by atoms with Crippen LogP contribution in [0.4, 0.5) is 10.9 Å². The molecule has 0 spiro atoms. The number of hydrogen-bond donors (Lipinski definition) is 2. The van der Waals surface area contributed by atoms with E-state index >= 15 is 0 Å². The molecule has 3 aromatic rings. The molecule has 0 radical (unpaired) electrons. The van der Waals surface area contributed by atoms with Crippen LogP contribution >= 0.6 is 23.1 Å². The maximum absolute atomic E-state index is 12.1. The van der Waals surface area contributed by atoms with Gasteiger partial charge in [0.2, 0.25) is 5.91 Å². The van der Waals surface area contributed by atoms with Crippen LogP contribution in [0.15, 0.2) is 53.0 Å². The van der Waals surface area contributed by atoms with Crippen LogP contribution in [0.3, 0.4) is 0 Å². The fourth-order valence-corrected chi connectivity index (χ4v) is 3.10. The molecule has 2 heterocycles. The predicted molar refractivity (Wildman–Crippen MR) is 103 cm³/mol. The molecule has 2 amide bonds. The first kappa shape index (κ1) is 18.0. The molecule has 9 heteroatoms. The largest absolute Gasteiger partial charge is 0.305 e. The number of carbonyl (C=O) groups excluding carboxylic acids is 2. The fourth-order valence-electron chi connectivity index (χ4n) is 1.94. The zero-order valence-electron chi connectivity index (χ0n) is 13.8. The lowest BCUT2D eigenvalue weighted by Gasteiger charge is -2.05. The highest BCUT2D eigenvalue weighted by Gasteiger charge is 2.09. The van der Waals surface area contributed by atoms with E-state index in [9.17, 15) is 9.59 Å². The number of anilines is 2. The summed E-state index contributed by atoms with van der Waals surface area (Å²) in [5.74, 6) is 0.141. The Morgan fingerprint density at radius 3 is 2.54 bits per heavy atom. The van der Waals surface area contributed by atoms with Crippen molar-refractivity contribution in [2.24, 2.45) is 0 Å². The van der Waals surface area contributed by atoms with Gasteiger partial charge in [0, 0.05) is 17.1 Å². The van der Waals surface area contributed by atoms with Crippen LogP contribution in [0.1, 0.15) is 15.9 Å². The van der Waals surface area contributed by atoms with E-state index in [-0.39, 0.29) is 17.6 Å². The first-order valence-corrected chi connectivity index (χ1v) is 9.50. The lowest BCUT2D eigenvalue weighted by atomic mass is 10.1. The van der Waals surface area contributed by atoms with Crippen molar-refractivity contribution in [2.45, 2.75) is 11.9 Å². The SMILES string of the molecule is Cc1ccc(C(=O)Nc2ccc(SCC(=O)Nc3nccs3)nn2)cc1. The molecule has 0 aliphatic heterocycles. The van der Waals surface area contributed by atoms with Crippen molar-refractivity contribution in [3.05, 3.63) is 59.1 Å². The zero-order valence-corrected chi connectivity index (χ0v) is 15.4. The number of aromatic nitrogens is 3. The lowest BCUT2D eigenvalue weighted by molar-refractivity contribution is -0.113. The van der Waals surface area contributed by atoms with Crippen molar-refractivity contribution in [2.75, 3.05) is 16.4 Å². The van der Waals surface area contributed by atoms with E-state index < -0.39 is 0 Å². The van der Waals surface area contributed by atoms with Crippen LogP contribution in [0.25, 0.3) is 0 Å². The van der Waals surface area contributed by atoms with Crippen LogP contribution in [0.5, 0.6) is 0 Å². The Hall–Kier alpha value is -2.78. The van der Waals surface area contributed by atoms with E-state index in [0.29, 0.717) is 21.5 Å². The maximum Gasteiger partial charge on any atom is 0.256 e. The van der Waals surface area contributed by atoms with Crippen LogP contribution in [0.2, 0.25) is 0 Å². The minimum Gasteiger partial charge on any atom is -0.305 e. The summed E-state index contributed by atoms with van der Waals surface area (Å²) >= 11 is 2.61. The monoisotopic (exact) mass is 385 g/mol. The summed E-state index contributed by atoms with van der Waals surface area (Å²) in [5, 5.41) is 16.3. The van der Waals surface area contributed by atoms with Crippen molar-refractivity contribution in [1.82, 2.24) is 15.2 Å². The van der Waals surface area contributed by atoms with Gasteiger partial charge in [-0.15, -0.1) is 21.5 Å². The Morgan fingerprint density at radius 2 is 1.88 bits per heavy atom. The van der Waals surface area contributed by atoms with Crippen molar-refractivity contribution in [1.29, 1.82) is 0 Å². The molecule has 0 atom stereocenters. The quantitative estimate of drug-likeness (QED) is 0.633. The molecule has 0 saturated carbocycles. The minimum atomic E-state index is -0.248. The Bertz CT molecular complexity index is 881. The van der Waals surface area contributed by atoms with Gasteiger partial charge < -0.3 is 10.6 Å². The van der Waals surface area contributed by atoms with E-state index in [1.54, 1.807) is 35.8 Å². The predicted octanol–water partition coefficient (Wildman–Crippen LogP) is 3.22. The maximum atomic E-state index is 12.1. The average Bonchev–Trinajstić information content (AvgIpc) is 3.14. The first-order chi connectivity index (χ1) is 12.6. The second-order valence-corrected chi connectivity index (χ2v) is 7.14. The third kappa shape index (κ3) is 5.11. The van der Waals surface area contributed by atoms with Crippen molar-refractivity contribution in [3.8, 4) is 0 Å². The number of nitrogens with one attached hydrogen (secondary N) is 2. The summed E-state index contributed by atoms with van der Waals surface area (Å²) in [4.78, 5) is 27.9. The van der Waals surface area contributed by atoms with Crippen LogP contribution < -0.4 is 10.6 Å². The topological polar surface area (TPSA) is 96.9 Å². The lowest BCUT2D eigenvalue weighted by Crippen LogP contribution is -2.14. The smallest absolute Gasteiger partial charge is 0.256 e. The Labute approximate surface area is 158 Å². The molecule has 3 rings (SSSR count). The normalized spacial score (nSPS) is 10.3. The second-order valence-electron chi connectivity index (χ2n) is 5.25. The summed E-state index contributed by atoms with van der Waals surface area (Å²) < 4.78 is 0. The summed E-state index contributed by atoms with van der Waals surface area (Å²) in [6, 6.07) is 10.6. The molecule has 0 aliphatic rings. The van der Waals surface area contributed by atoms with Gasteiger partial charge >= 0.3 is 0 Å². The number of rotatable bonds is 6. The molecule has 2 aromatic heterocycles. The highest BCUT2D eigenvalue weighted by atomic mass is 32.2. The van der Waals surface area contributed by atoms with Gasteiger partial charge in [0.05, 0.1) is 5.75 Å². The van der Waals surface area contributed by atoms with Gasteiger partial charge in [-0.2, -0.15) is 0 Å². The molecule has 132 valence electrons. The molecule has 0 aliphatic carbocycles. The molecule has 0 bridgehead atoms. The number of carbonyl (C=O) groups is 2. The molecule has 1 aromatic carbocycles. The number of thioether (sulfide) groups is 1. The molecule has 2 N–H and O–H groups in total. The molecule has 0 fully saturated rings. The Kier molecular flexibility index (Phi) is 5.92. The highest BCUT2D eigenvalue weighted by molar-refractivity contribution is 7.99. The summed E-state index contributed by atoms with van der Waals surface area (Å²) in [5.41, 5.74) is 1.64. The van der Waals surface area contributed by atoms with Crippen LogP contribution in [-0.4, -0.2) is 32.7 Å². The van der Waals surface area contributed by atoms with E-state index in [4.69, 9.17) is 0 Å². The van der Waals surface area contributed by atoms with E-state index in [1.165, 1.54) is 23.1 Å². The van der Waals surface area contributed by atoms with Gasteiger partial charge in [0.15, 0.2) is 10.9 Å². The third-order valence-electron chi connectivity index (χ3n) is 3.23. The van der Waals surface area contributed by atoms with Crippen LogP contribution in [-0.2, 0) is 4.79 Å². The van der Waals surface area contributed by atoms with Gasteiger partial charge in [-0.05, 0) is 31.2 Å². The number of amides is 2. The molecular formula is C17H15N5O2S2. The van der Waals surface area contributed by atoms with E-state index in [1.807, 2.05) is 19.1 Å². The Balaban J connectivity index is 1.50. The molecular weight excluding hydrogens is 370 g/mol. The number of aryl methyl sites for hydroxylation is 1. The first-order valence-electron chi connectivity index (χ1n) is 7.64. The molecule has 7 nitrogen and oxygen atoms in total. The summed E-state index contributed by atoms with van der Waals surface area (Å²) in [7, 11) is 0. The van der Waals surface area contributed by atoms with Gasteiger partial charge in [-0.1, -0.05) is 29.5 Å². The number of benzene rings is 1. The van der Waals surface area contributed by atoms with Crippen molar-refractivity contribution < 1.29 is 9.59 Å². The zero-order chi connectivity index (χ0) is 18.4. The average molecular weight is 385 g/mol. The van der Waals surface area contributed by atoms with Crippen LogP contribution in [0, 0.1) is 6.92 Å². The van der Waals surface area contributed by atoms with Crippen molar-refractivity contribution in [3.63, 3.8) is 0 Å². The van der Waals surface area contributed by atoms with Gasteiger partial charge in [0.25, 0.3) is 5.91 Å². The third-order valence-corrected chi connectivity index (χ3v) is 4.83. The minimum absolute atomic E-state index is 0.163. The summed E-state index contributed by atoms with van der Waals surface area (Å²) in [6.45, 7) is 1.96. The highest BCUT2D eigenvalue weighted by Crippen LogP contribution is 2.17. The van der Waals surface area contributed by atoms with E-state index in [2.05, 4.69) is 25.8 Å². The standard InChI is InChI=1S/C17H15N5O2S2/c1-11-2-4-12(5-3-11)16(24)19-13-6-7-15(22-21-13)26-10-14(23)20-17-18-8-9-25-17/h2-9H,10H2,1H3,(H,18,20,23)(H,19,21,24). The number of thiazole rings is 1. The Morgan fingerprint density at radius 1 is 1.08 bits per heavy atom. The molecule has 26 heavy (non-hydrogen) atoms. The van der Waals surface area contributed by atoms with Gasteiger partial charge in [0.1, 0.15) is 5.03 Å². The molecule has 0 unspecified atom stereocenters. The number of hydrogen-bond acceptors (Lipinski definition) is 7. The molecule has 0 saturated heterocycles. The summed E-state index contributed by atoms with van der Waals surface area (Å²) in [6.07, 6.45) is 1.63. The van der Waals surface area contributed by atoms with Gasteiger partial charge in [-0.3, -0.25) is 9.59 Å². The van der Waals surface area contributed by atoms with Gasteiger partial charge in [-0.25, -0.2) is 4.98 Å². The van der Waals surface area contributed by atoms with E-state index in [0.717, 1.165) is 5.56 Å². The number of nitrogens with zero attached hydrogens (tertiary/aromatic N) is 3.